The summed E-state index contributed by atoms with van der Waals surface area (Å²) in [6, 6.07) is 0. The van der Waals surface area contributed by atoms with Gasteiger partial charge in [-0.05, 0) is 13.8 Å². The Bertz CT molecular complexity index is 541. The Kier molecular flexibility index (Phi) is 8.56. The molecule has 2 unspecified atom stereocenters. The van der Waals surface area contributed by atoms with Gasteiger partial charge in [0.25, 0.3) is 0 Å². The molecular formula is C10H17O8P3. The second-order valence-electron chi connectivity index (χ2n) is 3.49. The van der Waals surface area contributed by atoms with E-state index in [1.807, 2.05) is 0 Å². The number of phosphoric acid groups is 1. The van der Waals surface area contributed by atoms with Crippen LogP contribution in [0.15, 0.2) is 48.1 Å². The Morgan fingerprint density at radius 1 is 0.714 bits per heavy atom. The largest absolute Gasteiger partial charge is 0.487 e. The summed E-state index contributed by atoms with van der Waals surface area (Å²) in [7, 11) is -14.4. The average Bonchev–Trinajstić information content (AvgIpc) is 2.25. The van der Waals surface area contributed by atoms with Crippen LogP contribution >= 0.6 is 23.0 Å². The lowest BCUT2D eigenvalue weighted by molar-refractivity contribution is 0.262. The van der Waals surface area contributed by atoms with Crippen molar-refractivity contribution in [3.8, 4) is 0 Å². The molecule has 2 atom stereocenters. The lowest BCUT2D eigenvalue weighted by Crippen LogP contribution is -1.91. The van der Waals surface area contributed by atoms with E-state index in [0.29, 0.717) is 11.6 Å². The normalized spacial score (nSPS) is 22.0. The van der Waals surface area contributed by atoms with Crippen molar-refractivity contribution in [3.63, 3.8) is 0 Å². The van der Waals surface area contributed by atoms with Gasteiger partial charge in [0, 0.05) is 11.6 Å². The standard InChI is InChI=1S/C10H17O8P3/c1-3-5-7-9-19(11,12)17-21(15,16)18-20(13,14)10-8-6-4-2/h3-10H,1-2H3,(H,11,12)(H,13,14)(H,15,16). The Labute approximate surface area is 122 Å². The second kappa shape index (κ2) is 8.79. The maximum absolute atomic E-state index is 11.5. The van der Waals surface area contributed by atoms with Crippen LogP contribution in [-0.2, 0) is 22.3 Å². The third-order valence-corrected chi connectivity index (χ3v) is 6.22. The van der Waals surface area contributed by atoms with E-state index in [2.05, 4.69) is 8.62 Å². The highest BCUT2D eigenvalue weighted by atomic mass is 31.3. The summed E-state index contributed by atoms with van der Waals surface area (Å²) in [6.07, 6.45) is 8.08. The van der Waals surface area contributed by atoms with Crippen molar-refractivity contribution >= 4 is 23.0 Å². The smallest absolute Gasteiger partial charge is 0.321 e. The summed E-state index contributed by atoms with van der Waals surface area (Å²) in [6.45, 7) is 3.29. The van der Waals surface area contributed by atoms with Gasteiger partial charge in [0.1, 0.15) is 0 Å². The Morgan fingerprint density at radius 3 is 1.33 bits per heavy atom. The molecule has 0 amide bonds. The zero-order valence-corrected chi connectivity index (χ0v) is 14.0. The van der Waals surface area contributed by atoms with Gasteiger partial charge in [-0.15, -0.1) is 0 Å². The molecule has 0 bridgehead atoms. The van der Waals surface area contributed by atoms with Gasteiger partial charge in [0.15, 0.2) is 0 Å². The molecule has 0 saturated carbocycles. The molecule has 0 fully saturated rings. The van der Waals surface area contributed by atoms with Crippen LogP contribution in [0.3, 0.4) is 0 Å². The highest BCUT2D eigenvalue weighted by Crippen LogP contribution is 2.67. The van der Waals surface area contributed by atoms with Gasteiger partial charge in [-0.3, -0.25) is 9.13 Å². The predicted molar refractivity (Wildman–Crippen MR) is 79.6 cm³/mol. The maximum Gasteiger partial charge on any atom is 0.487 e. The highest BCUT2D eigenvalue weighted by Gasteiger charge is 2.37. The summed E-state index contributed by atoms with van der Waals surface area (Å²) in [5.41, 5.74) is 0. The molecule has 0 saturated heterocycles. The van der Waals surface area contributed by atoms with Crippen LogP contribution in [0.5, 0.6) is 0 Å². The van der Waals surface area contributed by atoms with E-state index in [4.69, 9.17) is 0 Å². The lowest BCUT2D eigenvalue weighted by Gasteiger charge is -2.15. The number of rotatable bonds is 8. The van der Waals surface area contributed by atoms with Crippen LogP contribution in [0.4, 0.5) is 0 Å². The molecule has 0 rings (SSSR count). The van der Waals surface area contributed by atoms with Crippen LogP contribution in [0, 0.1) is 0 Å². The number of hydrogen-bond donors (Lipinski definition) is 3. The topological polar surface area (TPSA) is 130 Å². The van der Waals surface area contributed by atoms with Crippen molar-refractivity contribution in [2.45, 2.75) is 13.8 Å². The lowest BCUT2D eigenvalue weighted by atomic mass is 10.5. The van der Waals surface area contributed by atoms with Gasteiger partial charge < -0.3 is 14.7 Å². The molecule has 11 heteroatoms. The first-order chi connectivity index (χ1) is 9.54. The maximum atomic E-state index is 11.5. The van der Waals surface area contributed by atoms with E-state index < -0.39 is 23.0 Å². The van der Waals surface area contributed by atoms with E-state index in [9.17, 15) is 28.4 Å². The molecule has 0 spiro atoms. The van der Waals surface area contributed by atoms with Crippen molar-refractivity contribution in [1.82, 2.24) is 0 Å². The fourth-order valence-electron chi connectivity index (χ4n) is 0.904. The van der Waals surface area contributed by atoms with Crippen molar-refractivity contribution in [1.29, 1.82) is 0 Å². The van der Waals surface area contributed by atoms with Gasteiger partial charge in [0.2, 0.25) is 0 Å². The zero-order chi connectivity index (χ0) is 16.6. The molecule has 0 aromatic heterocycles. The first kappa shape index (κ1) is 20.5. The summed E-state index contributed by atoms with van der Waals surface area (Å²) in [5, 5.41) is 0. The molecule has 3 N–H and O–H groups in total. The third kappa shape index (κ3) is 10.8. The molecule has 0 aliphatic carbocycles. The quantitative estimate of drug-likeness (QED) is 0.442. The van der Waals surface area contributed by atoms with Crippen LogP contribution in [0.1, 0.15) is 13.8 Å². The molecule has 0 radical (unpaired) electrons. The van der Waals surface area contributed by atoms with Crippen LogP contribution in [0.25, 0.3) is 0 Å². The first-order valence-corrected chi connectivity index (χ1v) is 10.3. The highest BCUT2D eigenvalue weighted by molar-refractivity contribution is 7.71. The Morgan fingerprint density at radius 2 is 1.05 bits per heavy atom. The Hall–Kier alpha value is -0.550. The van der Waals surface area contributed by atoms with Crippen LogP contribution < -0.4 is 0 Å². The average molecular weight is 358 g/mol. The second-order valence-corrected chi connectivity index (χ2v) is 8.59. The SMILES string of the molecule is CC=CC=CP(=O)(O)OP(=O)(O)OP(=O)(O)C=CC=CC. The minimum absolute atomic E-state index is 0.636. The van der Waals surface area contributed by atoms with Gasteiger partial charge in [-0.25, -0.2) is 13.2 Å². The molecule has 0 aromatic rings. The molecular weight excluding hydrogens is 341 g/mol. The fraction of sp³-hybridized carbons (Fsp3) is 0.200. The third-order valence-electron chi connectivity index (χ3n) is 1.60. The minimum atomic E-state index is -5.21. The molecule has 0 heterocycles. The van der Waals surface area contributed by atoms with Crippen molar-refractivity contribution < 1.29 is 37.0 Å². The van der Waals surface area contributed by atoms with Gasteiger partial charge in [-0.1, -0.05) is 36.5 Å². The van der Waals surface area contributed by atoms with Gasteiger partial charge in [-0.2, -0.15) is 0 Å². The molecule has 120 valence electrons. The molecule has 8 nitrogen and oxygen atoms in total. The summed E-state index contributed by atoms with van der Waals surface area (Å²) >= 11 is 0. The first-order valence-electron chi connectivity index (χ1n) is 5.55. The summed E-state index contributed by atoms with van der Waals surface area (Å²) < 4.78 is 42.4. The van der Waals surface area contributed by atoms with Crippen LogP contribution in [0.2, 0.25) is 0 Å². The molecule has 0 aliphatic heterocycles. The van der Waals surface area contributed by atoms with Gasteiger partial charge in [0.05, 0.1) is 0 Å². The van der Waals surface area contributed by atoms with E-state index in [1.165, 1.54) is 12.2 Å². The van der Waals surface area contributed by atoms with E-state index >= 15 is 0 Å². The molecule has 0 aliphatic rings. The number of allylic oxidation sites excluding steroid dienone is 6. The van der Waals surface area contributed by atoms with Crippen molar-refractivity contribution in [2.24, 2.45) is 0 Å². The van der Waals surface area contributed by atoms with Crippen LogP contribution in [-0.4, -0.2) is 14.7 Å². The van der Waals surface area contributed by atoms with Gasteiger partial charge >= 0.3 is 23.0 Å². The van der Waals surface area contributed by atoms with Crippen molar-refractivity contribution in [2.75, 3.05) is 0 Å². The molecule has 0 aromatic carbocycles. The zero-order valence-electron chi connectivity index (χ0n) is 11.3. The van der Waals surface area contributed by atoms with E-state index in [-0.39, 0.29) is 0 Å². The predicted octanol–water partition coefficient (Wildman–Crippen LogP) is 3.67. The summed E-state index contributed by atoms with van der Waals surface area (Å²) in [5.74, 6) is 1.27. The Balaban J connectivity index is 4.95. The molecule has 21 heavy (non-hydrogen) atoms. The van der Waals surface area contributed by atoms with Crippen molar-refractivity contribution in [3.05, 3.63) is 48.1 Å². The number of hydrogen-bond acceptors (Lipinski definition) is 5. The van der Waals surface area contributed by atoms with E-state index in [1.54, 1.807) is 26.0 Å². The minimum Gasteiger partial charge on any atom is -0.321 e. The van der Waals surface area contributed by atoms with E-state index in [0.717, 1.165) is 12.2 Å². The fourth-order valence-corrected chi connectivity index (χ4v) is 4.73. The monoisotopic (exact) mass is 358 g/mol. The summed E-state index contributed by atoms with van der Waals surface area (Å²) in [4.78, 5) is 27.8.